The van der Waals surface area contributed by atoms with E-state index < -0.39 is 0 Å². The van der Waals surface area contributed by atoms with Crippen LogP contribution in [0.5, 0.6) is 0 Å². The second-order valence-electron chi connectivity index (χ2n) is 4.06. The maximum atomic E-state index is 13.3. The van der Waals surface area contributed by atoms with Crippen LogP contribution in [0.2, 0.25) is 0 Å². The van der Waals surface area contributed by atoms with E-state index in [1.54, 1.807) is 18.2 Å². The summed E-state index contributed by atoms with van der Waals surface area (Å²) in [6, 6.07) is 8.61. The van der Waals surface area contributed by atoms with E-state index in [1.165, 1.54) is 6.07 Å². The highest BCUT2D eigenvalue weighted by atomic mass is 19.1. The molecule has 2 rings (SSSR count). The van der Waals surface area contributed by atoms with Crippen molar-refractivity contribution in [2.24, 2.45) is 0 Å². The third kappa shape index (κ3) is 3.26. The standard InChI is InChI=1S/C13H14FNO2/c14-13-4-2-1-3-10(13)8-16-9-12-6-5-11(7-15)17-12/h1-4,11-12H,5-6,8-9H2/t11-,12+/m1/s1. The summed E-state index contributed by atoms with van der Waals surface area (Å²) >= 11 is 0. The summed E-state index contributed by atoms with van der Waals surface area (Å²) in [7, 11) is 0. The first kappa shape index (κ1) is 12.0. The summed E-state index contributed by atoms with van der Waals surface area (Å²) in [6.45, 7) is 0.649. The van der Waals surface area contributed by atoms with Gasteiger partial charge in [0.2, 0.25) is 0 Å². The zero-order chi connectivity index (χ0) is 12.1. The minimum atomic E-state index is -0.308. The molecule has 4 heteroatoms. The second kappa shape index (κ2) is 5.76. The lowest BCUT2D eigenvalue weighted by Gasteiger charge is -2.11. The fourth-order valence-electron chi connectivity index (χ4n) is 1.84. The molecule has 0 spiro atoms. The summed E-state index contributed by atoms with van der Waals surface area (Å²) < 4.78 is 24.1. The van der Waals surface area contributed by atoms with E-state index in [9.17, 15) is 4.39 Å². The highest BCUT2D eigenvalue weighted by Gasteiger charge is 2.24. The zero-order valence-corrected chi connectivity index (χ0v) is 9.43. The van der Waals surface area contributed by atoms with Crippen molar-refractivity contribution in [3.05, 3.63) is 35.6 Å². The van der Waals surface area contributed by atoms with E-state index in [2.05, 4.69) is 6.07 Å². The maximum absolute atomic E-state index is 13.3. The SMILES string of the molecule is N#C[C@H]1CC[C@@H](COCc2ccccc2F)O1. The number of nitrogens with zero attached hydrogens (tertiary/aromatic N) is 1. The fourth-order valence-corrected chi connectivity index (χ4v) is 1.84. The van der Waals surface area contributed by atoms with E-state index >= 15 is 0 Å². The quantitative estimate of drug-likeness (QED) is 0.804. The molecule has 17 heavy (non-hydrogen) atoms. The number of benzene rings is 1. The summed E-state index contributed by atoms with van der Waals surface area (Å²) in [5.41, 5.74) is 0.544. The minimum Gasteiger partial charge on any atom is -0.374 e. The van der Waals surface area contributed by atoms with Gasteiger partial charge in [0.15, 0.2) is 0 Å². The van der Waals surface area contributed by atoms with Crippen LogP contribution in [0.1, 0.15) is 18.4 Å². The fraction of sp³-hybridized carbons (Fsp3) is 0.462. The van der Waals surface area contributed by atoms with Crippen molar-refractivity contribution in [1.82, 2.24) is 0 Å². The predicted molar refractivity (Wildman–Crippen MR) is 59.6 cm³/mol. The number of hydrogen-bond acceptors (Lipinski definition) is 3. The Morgan fingerprint density at radius 3 is 2.94 bits per heavy atom. The molecule has 0 radical (unpaired) electrons. The number of ether oxygens (including phenoxy) is 2. The van der Waals surface area contributed by atoms with E-state index in [-0.39, 0.29) is 24.6 Å². The molecule has 0 unspecified atom stereocenters. The molecule has 0 amide bonds. The van der Waals surface area contributed by atoms with Crippen molar-refractivity contribution in [1.29, 1.82) is 5.26 Å². The number of halogens is 1. The van der Waals surface area contributed by atoms with Crippen molar-refractivity contribution in [3.63, 3.8) is 0 Å². The first-order chi connectivity index (χ1) is 8.29. The Balaban J connectivity index is 1.74. The first-order valence-corrected chi connectivity index (χ1v) is 5.66. The lowest BCUT2D eigenvalue weighted by molar-refractivity contribution is -0.00561. The van der Waals surface area contributed by atoms with E-state index in [0.29, 0.717) is 12.2 Å². The normalized spacial score (nSPS) is 23.5. The first-order valence-electron chi connectivity index (χ1n) is 5.66. The Kier molecular flexibility index (Phi) is 4.08. The van der Waals surface area contributed by atoms with Crippen molar-refractivity contribution in [2.45, 2.75) is 31.7 Å². The van der Waals surface area contributed by atoms with E-state index in [4.69, 9.17) is 14.7 Å². The van der Waals surface area contributed by atoms with Crippen LogP contribution in [-0.4, -0.2) is 18.8 Å². The molecular formula is C13H14FNO2. The van der Waals surface area contributed by atoms with Gasteiger partial charge in [0.05, 0.1) is 25.4 Å². The molecular weight excluding hydrogens is 221 g/mol. The minimum absolute atomic E-state index is 0.0357. The molecule has 1 fully saturated rings. The number of hydrogen-bond donors (Lipinski definition) is 0. The Bertz CT molecular complexity index is 416. The Labute approximate surface area is 99.8 Å². The average molecular weight is 235 g/mol. The predicted octanol–water partition coefficient (Wildman–Crippen LogP) is 2.41. The Morgan fingerprint density at radius 1 is 1.41 bits per heavy atom. The lowest BCUT2D eigenvalue weighted by Crippen LogP contribution is -2.16. The topological polar surface area (TPSA) is 42.2 Å². The van der Waals surface area contributed by atoms with Gasteiger partial charge < -0.3 is 9.47 Å². The molecule has 0 bridgehead atoms. The molecule has 3 nitrogen and oxygen atoms in total. The average Bonchev–Trinajstić information content (AvgIpc) is 2.80. The van der Waals surface area contributed by atoms with Gasteiger partial charge in [-0.3, -0.25) is 0 Å². The molecule has 1 aliphatic heterocycles. The molecule has 1 aromatic rings. The molecule has 1 aromatic carbocycles. The van der Waals surface area contributed by atoms with Crippen molar-refractivity contribution >= 4 is 0 Å². The number of rotatable bonds is 4. The van der Waals surface area contributed by atoms with Crippen LogP contribution in [0.25, 0.3) is 0 Å². The Morgan fingerprint density at radius 2 is 2.24 bits per heavy atom. The van der Waals surface area contributed by atoms with Crippen LogP contribution < -0.4 is 0 Å². The summed E-state index contributed by atoms with van der Waals surface area (Å²) in [5.74, 6) is -0.255. The van der Waals surface area contributed by atoms with Crippen LogP contribution in [0.4, 0.5) is 4.39 Å². The van der Waals surface area contributed by atoms with Crippen LogP contribution >= 0.6 is 0 Å². The van der Waals surface area contributed by atoms with Gasteiger partial charge in [-0.2, -0.15) is 5.26 Å². The molecule has 90 valence electrons. The van der Waals surface area contributed by atoms with Gasteiger partial charge in [0, 0.05) is 5.56 Å². The second-order valence-corrected chi connectivity index (χ2v) is 4.06. The van der Waals surface area contributed by atoms with Crippen molar-refractivity contribution < 1.29 is 13.9 Å². The van der Waals surface area contributed by atoms with E-state index in [1.807, 2.05) is 0 Å². The van der Waals surface area contributed by atoms with Gasteiger partial charge in [0.25, 0.3) is 0 Å². The van der Waals surface area contributed by atoms with Crippen LogP contribution in [0.15, 0.2) is 24.3 Å². The third-order valence-corrected chi connectivity index (χ3v) is 2.77. The lowest BCUT2D eigenvalue weighted by atomic mass is 10.2. The monoisotopic (exact) mass is 235 g/mol. The molecule has 1 heterocycles. The smallest absolute Gasteiger partial charge is 0.144 e. The van der Waals surface area contributed by atoms with Gasteiger partial charge in [-0.1, -0.05) is 18.2 Å². The largest absolute Gasteiger partial charge is 0.374 e. The van der Waals surface area contributed by atoms with Gasteiger partial charge in [-0.05, 0) is 18.9 Å². The molecule has 1 aliphatic rings. The van der Waals surface area contributed by atoms with Crippen LogP contribution in [0.3, 0.4) is 0 Å². The maximum Gasteiger partial charge on any atom is 0.144 e. The van der Waals surface area contributed by atoms with Gasteiger partial charge in [-0.25, -0.2) is 4.39 Å². The van der Waals surface area contributed by atoms with Crippen LogP contribution in [-0.2, 0) is 16.1 Å². The van der Waals surface area contributed by atoms with Crippen molar-refractivity contribution in [3.8, 4) is 6.07 Å². The van der Waals surface area contributed by atoms with Crippen LogP contribution in [0, 0.1) is 17.1 Å². The zero-order valence-electron chi connectivity index (χ0n) is 9.43. The molecule has 0 aromatic heterocycles. The van der Waals surface area contributed by atoms with E-state index in [0.717, 1.165) is 12.8 Å². The molecule has 0 N–H and O–H groups in total. The van der Waals surface area contributed by atoms with Gasteiger partial charge in [0.1, 0.15) is 11.9 Å². The summed E-state index contributed by atoms with van der Waals surface area (Å²) in [5, 5.41) is 8.66. The van der Waals surface area contributed by atoms with Gasteiger partial charge in [-0.15, -0.1) is 0 Å². The molecule has 0 saturated carbocycles. The molecule has 1 saturated heterocycles. The van der Waals surface area contributed by atoms with Gasteiger partial charge >= 0.3 is 0 Å². The highest BCUT2D eigenvalue weighted by Crippen LogP contribution is 2.19. The Hall–Kier alpha value is -1.44. The molecule has 0 aliphatic carbocycles. The third-order valence-electron chi connectivity index (χ3n) is 2.77. The summed E-state index contributed by atoms with van der Waals surface area (Å²) in [6.07, 6.45) is 1.24. The highest BCUT2D eigenvalue weighted by molar-refractivity contribution is 5.16. The summed E-state index contributed by atoms with van der Waals surface area (Å²) in [4.78, 5) is 0. The number of nitriles is 1. The molecule has 2 atom stereocenters. The van der Waals surface area contributed by atoms with Crippen molar-refractivity contribution in [2.75, 3.05) is 6.61 Å².